The lowest BCUT2D eigenvalue weighted by molar-refractivity contribution is -0.142. The number of carbonyl (C=O) groups is 1. The summed E-state index contributed by atoms with van der Waals surface area (Å²) in [5, 5.41) is 14.8. The summed E-state index contributed by atoms with van der Waals surface area (Å²) in [4.78, 5) is 19.5. The molecule has 0 aliphatic carbocycles. The summed E-state index contributed by atoms with van der Waals surface area (Å²) in [6.45, 7) is 3.92. The number of nitrogens with one attached hydrogen (secondary N) is 1. The number of nitrogens with zero attached hydrogens (tertiary/aromatic N) is 2. The minimum atomic E-state index is -0.968. The average Bonchev–Trinajstić information content (AvgIpc) is 2.87. The van der Waals surface area contributed by atoms with Crippen molar-refractivity contribution in [3.05, 3.63) is 41.2 Å². The van der Waals surface area contributed by atoms with E-state index in [4.69, 9.17) is 5.11 Å². The van der Waals surface area contributed by atoms with Gasteiger partial charge >= 0.3 is 5.97 Å². The van der Waals surface area contributed by atoms with E-state index in [2.05, 4.69) is 15.3 Å². The van der Waals surface area contributed by atoms with E-state index >= 15 is 0 Å². The summed E-state index contributed by atoms with van der Waals surface area (Å²) in [6.07, 6.45) is 3.50. The van der Waals surface area contributed by atoms with E-state index in [0.717, 1.165) is 5.56 Å². The number of pyridine rings is 1. The number of anilines is 1. The molecule has 0 unspecified atom stereocenters. The fourth-order valence-corrected chi connectivity index (χ4v) is 2.31. The van der Waals surface area contributed by atoms with Crippen LogP contribution < -0.4 is 5.32 Å². The van der Waals surface area contributed by atoms with Crippen molar-refractivity contribution in [1.82, 2.24) is 9.97 Å². The van der Waals surface area contributed by atoms with Gasteiger partial charge in [0.15, 0.2) is 5.13 Å². The molecule has 0 saturated carbocycles. The minimum Gasteiger partial charge on any atom is -0.481 e. The van der Waals surface area contributed by atoms with Crippen molar-refractivity contribution in [2.75, 3.05) is 5.32 Å². The SMILES string of the molecule is CC(C)(C(=O)O)c1csc(NCc2cccnc2)n1. The van der Waals surface area contributed by atoms with Crippen LogP contribution in [0.1, 0.15) is 25.1 Å². The van der Waals surface area contributed by atoms with Crippen molar-refractivity contribution in [2.45, 2.75) is 25.8 Å². The molecule has 2 aromatic rings. The zero-order chi connectivity index (χ0) is 13.9. The molecule has 0 bridgehead atoms. The van der Waals surface area contributed by atoms with Crippen LogP contribution in [0.25, 0.3) is 0 Å². The molecule has 100 valence electrons. The highest BCUT2D eigenvalue weighted by molar-refractivity contribution is 7.13. The molecule has 0 fully saturated rings. The Hall–Kier alpha value is -1.95. The van der Waals surface area contributed by atoms with Gasteiger partial charge in [0.1, 0.15) is 5.41 Å². The average molecular weight is 277 g/mol. The van der Waals surface area contributed by atoms with E-state index in [0.29, 0.717) is 17.4 Å². The predicted octanol–water partition coefficient (Wildman–Crippen LogP) is 2.51. The van der Waals surface area contributed by atoms with Crippen LogP contribution in [0, 0.1) is 0 Å². The molecule has 2 N–H and O–H groups in total. The van der Waals surface area contributed by atoms with Gasteiger partial charge in [-0.05, 0) is 25.5 Å². The van der Waals surface area contributed by atoms with Crippen molar-refractivity contribution in [3.63, 3.8) is 0 Å². The summed E-state index contributed by atoms with van der Waals surface area (Å²) in [7, 11) is 0. The maximum atomic E-state index is 11.1. The van der Waals surface area contributed by atoms with Crippen molar-refractivity contribution >= 4 is 22.4 Å². The van der Waals surface area contributed by atoms with Gasteiger partial charge in [0.25, 0.3) is 0 Å². The van der Waals surface area contributed by atoms with Crippen LogP contribution in [0.5, 0.6) is 0 Å². The molecular weight excluding hydrogens is 262 g/mol. The molecule has 2 aromatic heterocycles. The summed E-state index contributed by atoms with van der Waals surface area (Å²) in [5.74, 6) is -0.878. The van der Waals surface area contributed by atoms with Crippen LogP contribution in [0.2, 0.25) is 0 Å². The van der Waals surface area contributed by atoms with Crippen molar-refractivity contribution in [2.24, 2.45) is 0 Å². The van der Waals surface area contributed by atoms with Gasteiger partial charge in [0.2, 0.25) is 0 Å². The van der Waals surface area contributed by atoms with Crippen LogP contribution in [0.15, 0.2) is 29.9 Å². The lowest BCUT2D eigenvalue weighted by atomic mass is 9.90. The predicted molar refractivity (Wildman–Crippen MR) is 74.3 cm³/mol. The van der Waals surface area contributed by atoms with E-state index < -0.39 is 11.4 Å². The first kappa shape index (κ1) is 13.5. The molecule has 6 heteroatoms. The Kier molecular flexibility index (Phi) is 3.80. The third-order valence-corrected chi connectivity index (χ3v) is 3.65. The highest BCUT2D eigenvalue weighted by atomic mass is 32.1. The highest BCUT2D eigenvalue weighted by Crippen LogP contribution is 2.27. The topological polar surface area (TPSA) is 75.1 Å². The van der Waals surface area contributed by atoms with Gasteiger partial charge in [-0.2, -0.15) is 0 Å². The van der Waals surface area contributed by atoms with Crippen LogP contribution in [0.3, 0.4) is 0 Å². The first-order valence-electron chi connectivity index (χ1n) is 5.82. The molecule has 0 aliphatic rings. The van der Waals surface area contributed by atoms with Crippen molar-refractivity contribution < 1.29 is 9.90 Å². The number of hydrogen-bond donors (Lipinski definition) is 2. The molecular formula is C13H15N3O2S. The Bertz CT molecular complexity index is 566. The molecule has 0 spiro atoms. The second kappa shape index (κ2) is 5.36. The van der Waals surface area contributed by atoms with Crippen molar-refractivity contribution in [1.29, 1.82) is 0 Å². The summed E-state index contributed by atoms with van der Waals surface area (Å²) >= 11 is 1.41. The maximum Gasteiger partial charge on any atom is 0.315 e. The molecule has 0 aliphatic heterocycles. The fraction of sp³-hybridized carbons (Fsp3) is 0.308. The summed E-state index contributed by atoms with van der Waals surface area (Å²) in [5.41, 5.74) is 0.653. The molecule has 0 aromatic carbocycles. The van der Waals surface area contributed by atoms with Crippen molar-refractivity contribution in [3.8, 4) is 0 Å². The number of carboxylic acids is 1. The van der Waals surface area contributed by atoms with E-state index in [1.165, 1.54) is 11.3 Å². The third-order valence-electron chi connectivity index (χ3n) is 2.85. The van der Waals surface area contributed by atoms with Crippen LogP contribution in [-0.4, -0.2) is 21.0 Å². The monoisotopic (exact) mass is 277 g/mol. The molecule has 2 heterocycles. The van der Waals surface area contributed by atoms with Gasteiger partial charge in [-0.3, -0.25) is 9.78 Å². The van der Waals surface area contributed by atoms with Gasteiger partial charge < -0.3 is 10.4 Å². The van der Waals surface area contributed by atoms with Crippen LogP contribution >= 0.6 is 11.3 Å². The Labute approximate surface area is 115 Å². The number of carboxylic acid groups (broad SMARTS) is 1. The van der Waals surface area contributed by atoms with E-state index in [-0.39, 0.29) is 0 Å². The molecule has 0 radical (unpaired) electrons. The molecule has 2 rings (SSSR count). The largest absolute Gasteiger partial charge is 0.481 e. The maximum absolute atomic E-state index is 11.1. The van der Waals surface area contributed by atoms with Crippen LogP contribution in [0.4, 0.5) is 5.13 Å². The molecule has 0 atom stereocenters. The summed E-state index contributed by atoms with van der Waals surface area (Å²) < 4.78 is 0. The molecule has 19 heavy (non-hydrogen) atoms. The van der Waals surface area contributed by atoms with Gasteiger partial charge in [-0.15, -0.1) is 11.3 Å². The third kappa shape index (κ3) is 3.08. The van der Waals surface area contributed by atoms with Gasteiger partial charge in [-0.1, -0.05) is 6.07 Å². The fourth-order valence-electron chi connectivity index (χ4n) is 1.43. The van der Waals surface area contributed by atoms with E-state index in [1.807, 2.05) is 12.1 Å². The number of hydrogen-bond acceptors (Lipinski definition) is 5. The Morgan fingerprint density at radius 3 is 2.95 bits per heavy atom. The Morgan fingerprint density at radius 1 is 1.53 bits per heavy atom. The number of aliphatic carboxylic acids is 1. The zero-order valence-electron chi connectivity index (χ0n) is 10.8. The first-order chi connectivity index (χ1) is 9.00. The second-order valence-corrected chi connectivity index (χ2v) is 5.54. The standard InChI is InChI=1S/C13H15N3O2S/c1-13(2,11(17)18)10-8-19-12(16-10)15-7-9-4-3-5-14-6-9/h3-6,8H,7H2,1-2H3,(H,15,16)(H,17,18). The van der Waals surface area contributed by atoms with Crippen LogP contribution in [-0.2, 0) is 16.8 Å². The van der Waals surface area contributed by atoms with E-state index in [1.54, 1.807) is 31.6 Å². The normalized spacial score (nSPS) is 11.3. The zero-order valence-corrected chi connectivity index (χ0v) is 11.6. The summed E-state index contributed by atoms with van der Waals surface area (Å²) in [6, 6.07) is 3.84. The quantitative estimate of drug-likeness (QED) is 0.878. The second-order valence-electron chi connectivity index (χ2n) is 4.68. The Morgan fingerprint density at radius 2 is 2.32 bits per heavy atom. The van der Waals surface area contributed by atoms with Gasteiger partial charge in [0.05, 0.1) is 5.69 Å². The van der Waals surface area contributed by atoms with Gasteiger partial charge in [-0.25, -0.2) is 4.98 Å². The Balaban J connectivity index is 2.04. The number of aromatic nitrogens is 2. The highest BCUT2D eigenvalue weighted by Gasteiger charge is 2.32. The lowest BCUT2D eigenvalue weighted by Gasteiger charge is -2.15. The molecule has 0 saturated heterocycles. The smallest absolute Gasteiger partial charge is 0.315 e. The number of rotatable bonds is 5. The van der Waals surface area contributed by atoms with E-state index in [9.17, 15) is 4.79 Å². The number of thiazole rings is 1. The minimum absolute atomic E-state index is 0.568. The molecule has 5 nitrogen and oxygen atoms in total. The lowest BCUT2D eigenvalue weighted by Crippen LogP contribution is -2.28. The van der Waals surface area contributed by atoms with Gasteiger partial charge in [0, 0.05) is 24.3 Å². The molecule has 0 amide bonds. The first-order valence-corrected chi connectivity index (χ1v) is 6.70.